The lowest BCUT2D eigenvalue weighted by atomic mass is 10.2. The molecule has 0 rings (SSSR count). The predicted molar refractivity (Wildman–Crippen MR) is 52.5 cm³/mol. The van der Waals surface area contributed by atoms with Crippen molar-refractivity contribution in [1.29, 1.82) is 0 Å². The zero-order chi connectivity index (χ0) is 9.23. The molecule has 0 saturated carbocycles. The molecule has 0 amide bonds. The molecule has 0 spiro atoms. The Morgan fingerprint density at radius 1 is 1.50 bits per heavy atom. The van der Waals surface area contributed by atoms with Crippen LogP contribution in [0.4, 0.5) is 0 Å². The largest absolute Gasteiger partial charge is 0.303 e. The van der Waals surface area contributed by atoms with Crippen LogP contribution in [0.3, 0.4) is 0 Å². The summed E-state index contributed by atoms with van der Waals surface area (Å²) in [5, 5.41) is 0.633. The Morgan fingerprint density at radius 2 is 2.25 bits per heavy atom. The van der Waals surface area contributed by atoms with Gasteiger partial charge in [0.15, 0.2) is 0 Å². The number of unbranched alkanes of at least 4 members (excludes halogenated alkanes) is 2. The van der Waals surface area contributed by atoms with Crippen LogP contribution in [0.15, 0.2) is 28.4 Å². The zero-order valence-corrected chi connectivity index (χ0v) is 7.63. The molecule has 0 atom stereocenters. The van der Waals surface area contributed by atoms with Crippen molar-refractivity contribution in [2.75, 3.05) is 0 Å². The van der Waals surface area contributed by atoms with E-state index in [0.717, 1.165) is 19.1 Å². The van der Waals surface area contributed by atoms with Gasteiger partial charge in [0.1, 0.15) is 6.29 Å². The van der Waals surface area contributed by atoms with Gasteiger partial charge in [0.25, 0.3) is 0 Å². The third-order valence-corrected chi connectivity index (χ3v) is 1.48. The van der Waals surface area contributed by atoms with Crippen molar-refractivity contribution in [3.05, 3.63) is 23.4 Å². The van der Waals surface area contributed by atoms with Gasteiger partial charge in [-0.25, -0.2) is 0 Å². The fraction of sp³-hybridized carbons (Fsp3) is 0.333. The van der Waals surface area contributed by atoms with Crippen LogP contribution < -0.4 is 0 Å². The normalized spacial score (nSPS) is 11.9. The van der Waals surface area contributed by atoms with E-state index in [1.807, 2.05) is 6.08 Å². The molecule has 0 aromatic rings. The number of halogens is 1. The molecule has 0 aromatic heterocycles. The molecule has 66 valence electrons. The molecular weight excluding hydrogens is 174 g/mol. The van der Waals surface area contributed by atoms with E-state index in [4.69, 9.17) is 11.6 Å². The fourth-order valence-electron chi connectivity index (χ4n) is 0.633. The fourth-order valence-corrected chi connectivity index (χ4v) is 0.799. The summed E-state index contributed by atoms with van der Waals surface area (Å²) >= 11 is 5.74. The minimum Gasteiger partial charge on any atom is -0.303 e. The first kappa shape index (κ1) is 11.1. The number of hydrogen-bond donors (Lipinski definition) is 0. The van der Waals surface area contributed by atoms with Gasteiger partial charge >= 0.3 is 0 Å². The molecule has 0 aliphatic carbocycles. The summed E-state index contributed by atoms with van der Waals surface area (Å²) in [6.07, 6.45) is 8.20. The molecule has 0 saturated heterocycles. The maximum atomic E-state index is 9.93. The summed E-state index contributed by atoms with van der Waals surface area (Å²) in [6.45, 7) is 3.27. The van der Waals surface area contributed by atoms with Crippen molar-refractivity contribution in [2.45, 2.75) is 19.3 Å². The summed E-state index contributed by atoms with van der Waals surface area (Å²) < 4.78 is 0. The summed E-state index contributed by atoms with van der Waals surface area (Å²) in [4.78, 5) is 13.4. The van der Waals surface area contributed by atoms with Crippen molar-refractivity contribution >= 4 is 24.6 Å². The Balaban J connectivity index is 3.60. The van der Waals surface area contributed by atoms with Crippen molar-refractivity contribution in [3.63, 3.8) is 0 Å². The number of allylic oxidation sites excluding steroid dienone is 3. The standard InChI is InChI=1S/C9H12ClNO/c1-11-7-6-9(10)5-3-2-4-8-12/h5-8H,1-4H2/b7-6-,9-5+. The highest BCUT2D eigenvalue weighted by Crippen LogP contribution is 2.06. The number of carbonyl (C=O) groups is 1. The van der Waals surface area contributed by atoms with E-state index >= 15 is 0 Å². The second-order valence-corrected chi connectivity index (χ2v) is 2.62. The quantitative estimate of drug-likeness (QED) is 0.271. The van der Waals surface area contributed by atoms with Gasteiger partial charge in [0.2, 0.25) is 0 Å². The first-order valence-electron chi connectivity index (χ1n) is 3.73. The molecule has 3 heteroatoms. The topological polar surface area (TPSA) is 29.4 Å². The molecule has 0 N–H and O–H groups in total. The third-order valence-electron chi connectivity index (χ3n) is 1.20. The minimum absolute atomic E-state index is 0.587. The van der Waals surface area contributed by atoms with Crippen LogP contribution in [0.25, 0.3) is 0 Å². The molecule has 0 radical (unpaired) electrons. The van der Waals surface area contributed by atoms with Gasteiger partial charge in [-0.3, -0.25) is 4.99 Å². The molecule has 0 aliphatic rings. The van der Waals surface area contributed by atoms with Gasteiger partial charge in [-0.15, -0.1) is 0 Å². The molecule has 2 nitrogen and oxygen atoms in total. The van der Waals surface area contributed by atoms with Crippen molar-refractivity contribution in [1.82, 2.24) is 0 Å². The second kappa shape index (κ2) is 8.21. The Bertz CT molecular complexity index is 197. The number of hydrogen-bond acceptors (Lipinski definition) is 2. The molecule has 0 fully saturated rings. The Labute approximate surface area is 77.6 Å². The molecule has 0 aromatic carbocycles. The number of aldehydes is 1. The highest BCUT2D eigenvalue weighted by atomic mass is 35.5. The maximum Gasteiger partial charge on any atom is 0.120 e. The van der Waals surface area contributed by atoms with E-state index in [0.29, 0.717) is 11.5 Å². The molecule has 0 heterocycles. The smallest absolute Gasteiger partial charge is 0.120 e. The van der Waals surface area contributed by atoms with E-state index in [1.165, 1.54) is 6.20 Å². The summed E-state index contributed by atoms with van der Waals surface area (Å²) in [7, 11) is 0. The molecular formula is C9H12ClNO. The lowest BCUT2D eigenvalue weighted by molar-refractivity contribution is -0.107. The monoisotopic (exact) mass is 185 g/mol. The van der Waals surface area contributed by atoms with Gasteiger partial charge in [-0.1, -0.05) is 17.7 Å². The van der Waals surface area contributed by atoms with Crippen molar-refractivity contribution in [3.8, 4) is 0 Å². The van der Waals surface area contributed by atoms with Crippen LogP contribution >= 0.6 is 11.6 Å². The molecule has 0 bridgehead atoms. The average molecular weight is 186 g/mol. The summed E-state index contributed by atoms with van der Waals surface area (Å²) in [5.74, 6) is 0. The van der Waals surface area contributed by atoms with E-state index < -0.39 is 0 Å². The summed E-state index contributed by atoms with van der Waals surface area (Å²) in [6, 6.07) is 0. The van der Waals surface area contributed by atoms with E-state index in [2.05, 4.69) is 11.7 Å². The number of nitrogens with zero attached hydrogens (tertiary/aromatic N) is 1. The second-order valence-electron chi connectivity index (χ2n) is 2.18. The first-order chi connectivity index (χ1) is 5.81. The van der Waals surface area contributed by atoms with Crippen molar-refractivity contribution in [2.24, 2.45) is 4.99 Å². The van der Waals surface area contributed by atoms with Gasteiger partial charge in [0, 0.05) is 17.7 Å². The van der Waals surface area contributed by atoms with Crippen LogP contribution in [0.1, 0.15) is 19.3 Å². The highest BCUT2D eigenvalue weighted by molar-refractivity contribution is 6.31. The van der Waals surface area contributed by atoms with Crippen LogP contribution in [-0.4, -0.2) is 13.0 Å². The van der Waals surface area contributed by atoms with Crippen LogP contribution in [0.2, 0.25) is 0 Å². The Morgan fingerprint density at radius 3 is 2.83 bits per heavy atom. The van der Waals surface area contributed by atoms with Crippen LogP contribution in [0, 0.1) is 0 Å². The first-order valence-corrected chi connectivity index (χ1v) is 4.10. The Hall–Kier alpha value is -0.890. The molecule has 12 heavy (non-hydrogen) atoms. The van der Waals surface area contributed by atoms with Gasteiger partial charge in [-0.05, 0) is 25.6 Å². The van der Waals surface area contributed by atoms with Gasteiger partial charge < -0.3 is 4.79 Å². The van der Waals surface area contributed by atoms with E-state index in [1.54, 1.807) is 6.08 Å². The number of aliphatic imine (C=N–C) groups is 1. The maximum absolute atomic E-state index is 9.93. The Kier molecular flexibility index (Phi) is 7.60. The number of carbonyl (C=O) groups excluding carboxylic acids is 1. The summed E-state index contributed by atoms with van der Waals surface area (Å²) in [5.41, 5.74) is 0. The van der Waals surface area contributed by atoms with Crippen molar-refractivity contribution < 1.29 is 4.79 Å². The average Bonchev–Trinajstić information content (AvgIpc) is 2.09. The van der Waals surface area contributed by atoms with E-state index in [9.17, 15) is 4.79 Å². The molecule has 0 unspecified atom stereocenters. The van der Waals surface area contributed by atoms with Gasteiger partial charge in [0.05, 0.1) is 0 Å². The van der Waals surface area contributed by atoms with Crippen LogP contribution in [-0.2, 0) is 4.79 Å². The zero-order valence-electron chi connectivity index (χ0n) is 6.87. The third kappa shape index (κ3) is 7.22. The van der Waals surface area contributed by atoms with Gasteiger partial charge in [-0.2, -0.15) is 0 Å². The lowest BCUT2D eigenvalue weighted by Gasteiger charge is -1.89. The predicted octanol–water partition coefficient (Wildman–Crippen LogP) is 2.69. The minimum atomic E-state index is 0.587. The highest BCUT2D eigenvalue weighted by Gasteiger charge is 1.85. The SMILES string of the molecule is C=N/C=C\C(Cl)=C/CCCC=O. The lowest BCUT2D eigenvalue weighted by Crippen LogP contribution is -1.74. The number of rotatable bonds is 6. The van der Waals surface area contributed by atoms with E-state index in [-0.39, 0.29) is 0 Å². The molecule has 0 aliphatic heterocycles. The van der Waals surface area contributed by atoms with Crippen LogP contribution in [0.5, 0.6) is 0 Å².